The monoisotopic (exact) mass is 215 g/mol. The van der Waals surface area contributed by atoms with Crippen LogP contribution in [0.5, 0.6) is 0 Å². The van der Waals surface area contributed by atoms with Crippen molar-refractivity contribution in [3.05, 3.63) is 0 Å². The summed E-state index contributed by atoms with van der Waals surface area (Å²) in [6.07, 6.45) is 2.21. The molecule has 1 atom stereocenters. The minimum atomic E-state index is -0.830. The van der Waals surface area contributed by atoms with Crippen molar-refractivity contribution in [2.75, 3.05) is 13.1 Å². The summed E-state index contributed by atoms with van der Waals surface area (Å²) in [5.74, 6) is -2.08. The Kier molecular flexibility index (Phi) is 4.08. The second-order valence-electron chi connectivity index (χ2n) is 4.11. The molecule has 1 fully saturated rings. The molecule has 86 valence electrons. The molecule has 5 heteroatoms. The number of aliphatic carboxylic acids is 2. The number of hydrogen-bond donors (Lipinski definition) is 2. The van der Waals surface area contributed by atoms with E-state index < -0.39 is 17.9 Å². The summed E-state index contributed by atoms with van der Waals surface area (Å²) in [5, 5.41) is 17.3. The third-order valence-electron chi connectivity index (χ3n) is 2.61. The molecule has 1 unspecified atom stereocenters. The van der Waals surface area contributed by atoms with Gasteiger partial charge in [0.1, 0.15) is 0 Å². The molecule has 0 saturated heterocycles. The molecule has 1 aliphatic rings. The lowest BCUT2D eigenvalue weighted by molar-refractivity contribution is -0.141. The molecule has 0 aromatic heterocycles. The number of rotatable bonds is 7. The highest BCUT2D eigenvalue weighted by molar-refractivity contribution is 5.69. The first kappa shape index (κ1) is 12.0. The van der Waals surface area contributed by atoms with Crippen LogP contribution < -0.4 is 0 Å². The van der Waals surface area contributed by atoms with Gasteiger partial charge in [-0.15, -0.1) is 0 Å². The molecule has 0 aromatic carbocycles. The van der Waals surface area contributed by atoms with E-state index in [1.165, 1.54) is 0 Å². The molecule has 15 heavy (non-hydrogen) atoms. The van der Waals surface area contributed by atoms with Crippen LogP contribution in [0.1, 0.15) is 26.2 Å². The van der Waals surface area contributed by atoms with E-state index in [-0.39, 0.29) is 6.42 Å². The first-order chi connectivity index (χ1) is 7.00. The molecule has 0 radical (unpaired) electrons. The predicted octanol–water partition coefficient (Wildman–Crippen LogP) is 0.646. The SMILES string of the molecule is CC(CN(CCC(=O)O)C1CC1)C(=O)O. The van der Waals surface area contributed by atoms with Gasteiger partial charge in [-0.25, -0.2) is 0 Å². The second kappa shape index (κ2) is 5.11. The third kappa shape index (κ3) is 4.29. The van der Waals surface area contributed by atoms with Crippen molar-refractivity contribution < 1.29 is 19.8 Å². The number of hydrogen-bond acceptors (Lipinski definition) is 3. The fraction of sp³-hybridized carbons (Fsp3) is 0.800. The maximum atomic E-state index is 10.7. The molecule has 0 aromatic rings. The topological polar surface area (TPSA) is 77.8 Å². The Bertz CT molecular complexity index is 250. The molecule has 0 aliphatic heterocycles. The van der Waals surface area contributed by atoms with Gasteiger partial charge in [-0.1, -0.05) is 6.92 Å². The normalized spacial score (nSPS) is 17.7. The van der Waals surface area contributed by atoms with Gasteiger partial charge in [0.25, 0.3) is 0 Å². The third-order valence-corrected chi connectivity index (χ3v) is 2.61. The van der Waals surface area contributed by atoms with Crippen LogP contribution in [0.3, 0.4) is 0 Å². The van der Waals surface area contributed by atoms with E-state index in [4.69, 9.17) is 10.2 Å². The second-order valence-corrected chi connectivity index (χ2v) is 4.11. The van der Waals surface area contributed by atoms with E-state index in [0.29, 0.717) is 19.1 Å². The van der Waals surface area contributed by atoms with E-state index in [0.717, 1.165) is 12.8 Å². The van der Waals surface area contributed by atoms with Crippen LogP contribution >= 0.6 is 0 Å². The molecular weight excluding hydrogens is 198 g/mol. The van der Waals surface area contributed by atoms with Crippen LogP contribution in [0.25, 0.3) is 0 Å². The van der Waals surface area contributed by atoms with Gasteiger partial charge in [-0.2, -0.15) is 0 Å². The highest BCUT2D eigenvalue weighted by Gasteiger charge is 2.31. The zero-order valence-electron chi connectivity index (χ0n) is 8.85. The van der Waals surface area contributed by atoms with Gasteiger partial charge in [0.2, 0.25) is 0 Å². The fourth-order valence-corrected chi connectivity index (χ4v) is 1.53. The van der Waals surface area contributed by atoms with Gasteiger partial charge in [-0.05, 0) is 12.8 Å². The molecule has 0 bridgehead atoms. The first-order valence-electron chi connectivity index (χ1n) is 5.19. The summed E-state index contributed by atoms with van der Waals surface area (Å²) < 4.78 is 0. The minimum Gasteiger partial charge on any atom is -0.481 e. The summed E-state index contributed by atoms with van der Waals surface area (Å²) >= 11 is 0. The van der Waals surface area contributed by atoms with Crippen molar-refractivity contribution in [2.24, 2.45) is 5.92 Å². The quantitative estimate of drug-likeness (QED) is 0.651. The van der Waals surface area contributed by atoms with Crippen molar-refractivity contribution in [1.82, 2.24) is 4.90 Å². The van der Waals surface area contributed by atoms with E-state index >= 15 is 0 Å². The molecule has 5 nitrogen and oxygen atoms in total. The summed E-state index contributed by atoms with van der Waals surface area (Å²) in [4.78, 5) is 23.1. The van der Waals surface area contributed by atoms with Crippen LogP contribution in [0, 0.1) is 5.92 Å². The molecule has 0 amide bonds. The van der Waals surface area contributed by atoms with E-state index in [2.05, 4.69) is 0 Å². The van der Waals surface area contributed by atoms with Crippen molar-refractivity contribution in [2.45, 2.75) is 32.2 Å². The van der Waals surface area contributed by atoms with Crippen molar-refractivity contribution in [3.63, 3.8) is 0 Å². The Labute approximate surface area is 88.7 Å². The molecular formula is C10H17NO4. The van der Waals surface area contributed by atoms with Crippen LogP contribution in [0.2, 0.25) is 0 Å². The van der Waals surface area contributed by atoms with E-state index in [9.17, 15) is 9.59 Å². The maximum Gasteiger partial charge on any atom is 0.307 e. The van der Waals surface area contributed by atoms with Gasteiger partial charge >= 0.3 is 11.9 Å². The summed E-state index contributed by atoms with van der Waals surface area (Å²) in [7, 11) is 0. The van der Waals surface area contributed by atoms with E-state index in [1.54, 1.807) is 6.92 Å². The van der Waals surface area contributed by atoms with Gasteiger partial charge < -0.3 is 10.2 Å². The zero-order chi connectivity index (χ0) is 11.4. The number of carboxylic acid groups (broad SMARTS) is 2. The molecule has 1 saturated carbocycles. The minimum absolute atomic E-state index is 0.0861. The summed E-state index contributed by atoms with van der Waals surface area (Å²) in [5.41, 5.74) is 0. The molecule has 0 spiro atoms. The number of nitrogens with zero attached hydrogens (tertiary/aromatic N) is 1. The number of carbonyl (C=O) groups is 2. The van der Waals surface area contributed by atoms with Gasteiger partial charge in [-0.3, -0.25) is 14.5 Å². The van der Waals surface area contributed by atoms with Crippen LogP contribution in [-0.2, 0) is 9.59 Å². The lowest BCUT2D eigenvalue weighted by atomic mass is 10.1. The smallest absolute Gasteiger partial charge is 0.307 e. The predicted molar refractivity (Wildman–Crippen MR) is 53.6 cm³/mol. The molecule has 0 heterocycles. The Morgan fingerprint density at radius 3 is 2.40 bits per heavy atom. The van der Waals surface area contributed by atoms with Crippen molar-refractivity contribution in [3.8, 4) is 0 Å². The van der Waals surface area contributed by atoms with Crippen LogP contribution in [0.4, 0.5) is 0 Å². The Morgan fingerprint density at radius 2 is 2.00 bits per heavy atom. The average Bonchev–Trinajstić information content (AvgIpc) is 2.94. The first-order valence-corrected chi connectivity index (χ1v) is 5.19. The molecule has 1 rings (SSSR count). The summed E-state index contributed by atoms with van der Waals surface area (Å²) in [6.45, 7) is 2.56. The van der Waals surface area contributed by atoms with Gasteiger partial charge in [0.05, 0.1) is 12.3 Å². The Hall–Kier alpha value is -1.10. The van der Waals surface area contributed by atoms with Gasteiger partial charge in [0.15, 0.2) is 0 Å². The largest absolute Gasteiger partial charge is 0.481 e. The zero-order valence-corrected chi connectivity index (χ0v) is 8.85. The van der Waals surface area contributed by atoms with Crippen molar-refractivity contribution in [1.29, 1.82) is 0 Å². The van der Waals surface area contributed by atoms with Crippen LogP contribution in [-0.4, -0.2) is 46.2 Å². The number of carboxylic acids is 2. The maximum absolute atomic E-state index is 10.7. The average molecular weight is 215 g/mol. The van der Waals surface area contributed by atoms with E-state index in [1.807, 2.05) is 4.90 Å². The molecule has 2 N–H and O–H groups in total. The van der Waals surface area contributed by atoms with Gasteiger partial charge in [0, 0.05) is 19.1 Å². The lowest BCUT2D eigenvalue weighted by Gasteiger charge is -2.22. The summed E-state index contributed by atoms with van der Waals surface area (Å²) in [6, 6.07) is 0.408. The Balaban J connectivity index is 2.36. The highest BCUT2D eigenvalue weighted by atomic mass is 16.4. The standard InChI is InChI=1S/C10H17NO4/c1-7(10(14)15)6-11(8-2-3-8)5-4-9(12)13/h7-8H,2-6H2,1H3,(H,12,13)(H,14,15). The van der Waals surface area contributed by atoms with Crippen molar-refractivity contribution >= 4 is 11.9 Å². The fourth-order valence-electron chi connectivity index (χ4n) is 1.53. The lowest BCUT2D eigenvalue weighted by Crippen LogP contribution is -2.35. The van der Waals surface area contributed by atoms with Crippen LogP contribution in [0.15, 0.2) is 0 Å². The molecule has 1 aliphatic carbocycles. The Morgan fingerprint density at radius 1 is 1.40 bits per heavy atom. The highest BCUT2D eigenvalue weighted by Crippen LogP contribution is 2.27.